The van der Waals surface area contributed by atoms with E-state index in [1.807, 2.05) is 49.4 Å². The van der Waals surface area contributed by atoms with Gasteiger partial charge >= 0.3 is 0 Å². The Labute approximate surface area is 185 Å². The topological polar surface area (TPSA) is 77.7 Å². The minimum Gasteiger partial charge on any atom is -0.493 e. The van der Waals surface area contributed by atoms with Gasteiger partial charge in [0.2, 0.25) is 17.6 Å². The number of carbonyl (C=O) groups excluding carboxylic acids is 1. The molecule has 3 aromatic rings. The quantitative estimate of drug-likeness (QED) is 0.486. The molecule has 1 aromatic heterocycles. The fourth-order valence-electron chi connectivity index (χ4n) is 3.65. The molecule has 1 unspecified atom stereocenters. The third kappa shape index (κ3) is 4.66. The van der Waals surface area contributed by atoms with Crippen molar-refractivity contribution in [2.75, 3.05) is 13.7 Å². The van der Waals surface area contributed by atoms with E-state index in [0.29, 0.717) is 54.2 Å². The summed E-state index contributed by atoms with van der Waals surface area (Å²) in [5, 5.41) is 4.78. The van der Waals surface area contributed by atoms with Gasteiger partial charge in [-0.05, 0) is 48.7 Å². The summed E-state index contributed by atoms with van der Waals surface area (Å²) in [5.74, 6) is 2.20. The molecule has 2 aromatic carbocycles. The molecule has 4 rings (SSSR count). The molecule has 0 N–H and O–H groups in total. The average Bonchev–Trinajstić information content (AvgIpc) is 3.39. The van der Waals surface area contributed by atoms with E-state index in [2.05, 4.69) is 10.1 Å². The lowest BCUT2D eigenvalue weighted by Crippen LogP contribution is -2.27. The smallest absolute Gasteiger partial charge is 0.249 e. The zero-order valence-electron chi connectivity index (χ0n) is 17.5. The molecule has 0 radical (unpaired) electrons. The second-order valence-electron chi connectivity index (χ2n) is 7.38. The first-order chi connectivity index (χ1) is 15.1. The van der Waals surface area contributed by atoms with Crippen LogP contribution in [0.25, 0.3) is 11.4 Å². The van der Waals surface area contributed by atoms with E-state index in [0.717, 1.165) is 17.5 Å². The van der Waals surface area contributed by atoms with Crippen LogP contribution in [-0.4, -0.2) is 34.7 Å². The van der Waals surface area contributed by atoms with Crippen LogP contribution < -0.4 is 9.47 Å². The van der Waals surface area contributed by atoms with Crippen LogP contribution in [0, 0.1) is 0 Å². The molecule has 162 valence electrons. The van der Waals surface area contributed by atoms with Gasteiger partial charge in [0.05, 0.1) is 13.7 Å². The number of halogens is 1. The second kappa shape index (κ2) is 9.39. The number of hydrogen-bond donors (Lipinski definition) is 0. The summed E-state index contributed by atoms with van der Waals surface area (Å²) in [6.45, 7) is 3.10. The predicted molar refractivity (Wildman–Crippen MR) is 116 cm³/mol. The number of ether oxygens (including phenoxy) is 2. The van der Waals surface area contributed by atoms with Crippen molar-refractivity contribution in [2.24, 2.45) is 0 Å². The number of amides is 1. The summed E-state index contributed by atoms with van der Waals surface area (Å²) in [5.41, 5.74) is 1.71. The maximum Gasteiger partial charge on any atom is 0.249 e. The molecule has 1 atom stereocenters. The molecule has 1 aliphatic rings. The van der Waals surface area contributed by atoms with Crippen LogP contribution in [0.4, 0.5) is 0 Å². The van der Waals surface area contributed by atoms with E-state index < -0.39 is 0 Å². The van der Waals surface area contributed by atoms with Crippen LogP contribution in [0.5, 0.6) is 11.5 Å². The number of nitrogens with zero attached hydrogens (tertiary/aromatic N) is 3. The molecule has 8 heteroatoms. The number of rotatable bonds is 8. The van der Waals surface area contributed by atoms with Crippen molar-refractivity contribution in [3.05, 3.63) is 58.9 Å². The van der Waals surface area contributed by atoms with E-state index >= 15 is 0 Å². The van der Waals surface area contributed by atoms with Gasteiger partial charge in [-0.1, -0.05) is 35.8 Å². The van der Waals surface area contributed by atoms with Crippen molar-refractivity contribution < 1.29 is 18.8 Å². The summed E-state index contributed by atoms with van der Waals surface area (Å²) in [4.78, 5) is 18.9. The lowest BCUT2D eigenvalue weighted by atomic mass is 10.1. The molecule has 31 heavy (non-hydrogen) atoms. The standard InChI is InChI=1S/C23H24ClN3O4/c1-3-11-30-19-9-7-16(13-20(19)29-2)22-25-23(31-26-22)18-8-10-21(28)27(18)14-15-5-4-6-17(24)12-15/h4-7,9,12-13,18H,3,8,10-11,14H2,1-2H3. The number of methoxy groups -OCH3 is 1. The van der Waals surface area contributed by atoms with Crippen LogP contribution in [0.1, 0.15) is 43.7 Å². The van der Waals surface area contributed by atoms with E-state index in [-0.39, 0.29) is 11.9 Å². The summed E-state index contributed by atoms with van der Waals surface area (Å²) >= 11 is 6.09. The van der Waals surface area contributed by atoms with Crippen LogP contribution in [-0.2, 0) is 11.3 Å². The third-order valence-corrected chi connectivity index (χ3v) is 5.42. The molecule has 0 aliphatic carbocycles. The fourth-order valence-corrected chi connectivity index (χ4v) is 3.86. The first-order valence-electron chi connectivity index (χ1n) is 10.3. The summed E-state index contributed by atoms with van der Waals surface area (Å²) in [6.07, 6.45) is 1.99. The van der Waals surface area contributed by atoms with Crippen molar-refractivity contribution in [2.45, 2.75) is 38.8 Å². The van der Waals surface area contributed by atoms with E-state index in [4.69, 9.17) is 25.6 Å². The minimum absolute atomic E-state index is 0.0591. The van der Waals surface area contributed by atoms with Gasteiger partial charge in [-0.25, -0.2) is 0 Å². The monoisotopic (exact) mass is 441 g/mol. The number of aromatic nitrogens is 2. The lowest BCUT2D eigenvalue weighted by Gasteiger charge is -2.22. The molecule has 0 spiro atoms. The highest BCUT2D eigenvalue weighted by molar-refractivity contribution is 6.30. The molecule has 0 saturated carbocycles. The highest BCUT2D eigenvalue weighted by Gasteiger charge is 2.36. The molecule has 1 fully saturated rings. The third-order valence-electron chi connectivity index (χ3n) is 5.18. The Morgan fingerprint density at radius 3 is 2.87 bits per heavy atom. The fraction of sp³-hybridized carbons (Fsp3) is 0.348. The molecule has 1 aliphatic heterocycles. The maximum absolute atomic E-state index is 12.5. The Bertz CT molecular complexity index is 1070. The lowest BCUT2D eigenvalue weighted by molar-refractivity contribution is -0.129. The predicted octanol–water partition coefficient (Wildman–Crippen LogP) is 5.05. The normalized spacial score (nSPS) is 16.0. The highest BCUT2D eigenvalue weighted by atomic mass is 35.5. The number of hydrogen-bond acceptors (Lipinski definition) is 6. The number of carbonyl (C=O) groups is 1. The first-order valence-corrected chi connectivity index (χ1v) is 10.7. The Balaban J connectivity index is 1.55. The van der Waals surface area contributed by atoms with Gasteiger partial charge in [0.25, 0.3) is 0 Å². The van der Waals surface area contributed by atoms with Crippen LogP contribution >= 0.6 is 11.6 Å². The Morgan fingerprint density at radius 1 is 1.23 bits per heavy atom. The molecular weight excluding hydrogens is 418 g/mol. The van der Waals surface area contributed by atoms with Gasteiger partial charge < -0.3 is 18.9 Å². The van der Waals surface area contributed by atoms with Crippen molar-refractivity contribution in [1.82, 2.24) is 15.0 Å². The Morgan fingerprint density at radius 2 is 2.10 bits per heavy atom. The summed E-state index contributed by atoms with van der Waals surface area (Å²) in [6, 6.07) is 12.8. The molecular formula is C23H24ClN3O4. The molecule has 1 amide bonds. The summed E-state index contributed by atoms with van der Waals surface area (Å²) in [7, 11) is 1.59. The van der Waals surface area contributed by atoms with Gasteiger partial charge in [-0.3, -0.25) is 4.79 Å². The average molecular weight is 442 g/mol. The van der Waals surface area contributed by atoms with Crippen molar-refractivity contribution in [3.8, 4) is 22.9 Å². The van der Waals surface area contributed by atoms with E-state index in [1.165, 1.54) is 0 Å². The van der Waals surface area contributed by atoms with Crippen molar-refractivity contribution in [1.29, 1.82) is 0 Å². The van der Waals surface area contributed by atoms with Gasteiger partial charge in [0.1, 0.15) is 6.04 Å². The number of likely N-dealkylation sites (tertiary alicyclic amines) is 1. The van der Waals surface area contributed by atoms with Crippen LogP contribution in [0.15, 0.2) is 47.0 Å². The number of benzene rings is 2. The minimum atomic E-state index is -0.262. The van der Waals surface area contributed by atoms with Crippen molar-refractivity contribution in [3.63, 3.8) is 0 Å². The molecule has 1 saturated heterocycles. The maximum atomic E-state index is 12.5. The highest BCUT2D eigenvalue weighted by Crippen LogP contribution is 2.36. The molecule has 7 nitrogen and oxygen atoms in total. The Kier molecular flexibility index (Phi) is 6.42. The first kappa shape index (κ1) is 21.2. The van der Waals surface area contributed by atoms with E-state index in [9.17, 15) is 4.79 Å². The van der Waals surface area contributed by atoms with Gasteiger partial charge in [-0.15, -0.1) is 0 Å². The van der Waals surface area contributed by atoms with Crippen LogP contribution in [0.2, 0.25) is 5.02 Å². The molecule has 0 bridgehead atoms. The van der Waals surface area contributed by atoms with Gasteiger partial charge in [0.15, 0.2) is 11.5 Å². The van der Waals surface area contributed by atoms with E-state index in [1.54, 1.807) is 12.0 Å². The molecule has 2 heterocycles. The Hall–Kier alpha value is -3.06. The summed E-state index contributed by atoms with van der Waals surface area (Å²) < 4.78 is 16.7. The van der Waals surface area contributed by atoms with Gasteiger partial charge in [0, 0.05) is 23.6 Å². The van der Waals surface area contributed by atoms with Crippen molar-refractivity contribution >= 4 is 17.5 Å². The second-order valence-corrected chi connectivity index (χ2v) is 7.81. The zero-order valence-corrected chi connectivity index (χ0v) is 18.3. The zero-order chi connectivity index (χ0) is 21.8. The SMILES string of the molecule is CCCOc1ccc(-c2noc(C3CCC(=O)N3Cc3cccc(Cl)c3)n2)cc1OC. The largest absolute Gasteiger partial charge is 0.493 e. The van der Waals surface area contributed by atoms with Gasteiger partial charge in [-0.2, -0.15) is 4.98 Å². The van der Waals surface area contributed by atoms with Crippen LogP contribution in [0.3, 0.4) is 0 Å².